The highest BCUT2D eigenvalue weighted by Gasteiger charge is 2.14. The molecule has 5 rings (SSSR count). The maximum absolute atomic E-state index is 14.4. The average molecular weight is 462 g/mol. The highest BCUT2D eigenvalue weighted by Crippen LogP contribution is 2.23. The molecule has 0 aliphatic rings. The van der Waals surface area contributed by atoms with Crippen LogP contribution in [-0.2, 0) is 13.0 Å². The molecule has 0 aliphatic carbocycles. The van der Waals surface area contributed by atoms with E-state index in [0.29, 0.717) is 34.2 Å². The molecular weight excluding hydrogens is 445 g/mol. The Morgan fingerprint density at radius 1 is 1.03 bits per heavy atom. The lowest BCUT2D eigenvalue weighted by molar-refractivity contribution is 0.0921. The van der Waals surface area contributed by atoms with Gasteiger partial charge < -0.3 is 15.5 Å². The van der Waals surface area contributed by atoms with E-state index in [0.717, 1.165) is 16.3 Å². The number of nitrogens with two attached hydrogens (primary N) is 1. The third-order valence-corrected chi connectivity index (χ3v) is 5.42. The molecule has 0 saturated carbocycles. The second kappa shape index (κ2) is 8.48. The van der Waals surface area contributed by atoms with E-state index >= 15 is 0 Å². The van der Waals surface area contributed by atoms with Crippen molar-refractivity contribution >= 4 is 45.0 Å². The maximum atomic E-state index is 14.4. The fourth-order valence-corrected chi connectivity index (χ4v) is 3.81. The lowest BCUT2D eigenvalue weighted by Crippen LogP contribution is -2.22. The number of nitrogen functional groups attached to an aromatic ring is 1. The van der Waals surface area contributed by atoms with Gasteiger partial charge in [-0.15, -0.1) is 0 Å². The fourth-order valence-electron chi connectivity index (χ4n) is 3.64. The van der Waals surface area contributed by atoms with Gasteiger partial charge in [0.05, 0.1) is 11.2 Å². The van der Waals surface area contributed by atoms with Gasteiger partial charge in [-0.25, -0.2) is 14.4 Å². The van der Waals surface area contributed by atoms with E-state index in [1.54, 1.807) is 18.3 Å². The quantitative estimate of drug-likeness (QED) is 0.394. The van der Waals surface area contributed by atoms with Gasteiger partial charge in [0.15, 0.2) is 5.89 Å². The Morgan fingerprint density at radius 3 is 2.76 bits per heavy atom. The summed E-state index contributed by atoms with van der Waals surface area (Å²) in [5.41, 5.74) is 7.64. The first kappa shape index (κ1) is 20.8. The Bertz CT molecular complexity index is 1520. The van der Waals surface area contributed by atoms with Gasteiger partial charge in [0.25, 0.3) is 5.91 Å². The minimum atomic E-state index is -0.461. The van der Waals surface area contributed by atoms with Crippen LogP contribution in [0.1, 0.15) is 27.6 Å². The van der Waals surface area contributed by atoms with Gasteiger partial charge in [-0.1, -0.05) is 23.7 Å². The van der Waals surface area contributed by atoms with E-state index in [2.05, 4.69) is 20.3 Å². The predicted octanol–water partition coefficient (Wildman–Crippen LogP) is 4.67. The molecule has 1 amide bonds. The molecule has 2 aromatic carbocycles. The molecule has 164 valence electrons. The minimum Gasteiger partial charge on any atom is -0.435 e. The SMILES string of the molecule is Nc1nccc2cc(CNC(=O)c3cnc(Cc4cc(F)c5ncc(Cl)cc5c4)o3)ccc12. The number of oxazole rings is 1. The number of nitrogens with one attached hydrogen (secondary N) is 1. The summed E-state index contributed by atoms with van der Waals surface area (Å²) in [7, 11) is 0. The van der Waals surface area contributed by atoms with E-state index in [1.165, 1.54) is 18.5 Å². The number of nitrogens with zero attached hydrogens (tertiary/aromatic N) is 3. The van der Waals surface area contributed by atoms with Crippen LogP contribution in [0, 0.1) is 5.82 Å². The van der Waals surface area contributed by atoms with Crippen molar-refractivity contribution in [1.29, 1.82) is 0 Å². The van der Waals surface area contributed by atoms with E-state index in [9.17, 15) is 9.18 Å². The van der Waals surface area contributed by atoms with Gasteiger partial charge in [-0.2, -0.15) is 0 Å². The number of rotatable bonds is 5. The van der Waals surface area contributed by atoms with Crippen LogP contribution < -0.4 is 11.1 Å². The first-order valence-electron chi connectivity index (χ1n) is 10.1. The molecule has 3 heterocycles. The molecule has 9 heteroatoms. The molecule has 0 atom stereocenters. The summed E-state index contributed by atoms with van der Waals surface area (Å²) < 4.78 is 20.0. The lowest BCUT2D eigenvalue weighted by Gasteiger charge is -2.06. The smallest absolute Gasteiger partial charge is 0.288 e. The van der Waals surface area contributed by atoms with Crippen molar-refractivity contribution in [3.63, 3.8) is 0 Å². The van der Waals surface area contributed by atoms with Gasteiger partial charge in [0.1, 0.15) is 17.2 Å². The molecule has 0 spiro atoms. The molecule has 7 nitrogen and oxygen atoms in total. The number of carbonyl (C=O) groups excluding carboxylic acids is 1. The third kappa shape index (κ3) is 4.33. The molecular formula is C24H17ClFN5O2. The molecule has 0 aliphatic heterocycles. The molecule has 0 bridgehead atoms. The van der Waals surface area contributed by atoms with E-state index < -0.39 is 11.7 Å². The molecule has 3 aromatic heterocycles. The highest BCUT2D eigenvalue weighted by molar-refractivity contribution is 6.31. The van der Waals surface area contributed by atoms with Gasteiger partial charge >= 0.3 is 0 Å². The number of benzene rings is 2. The van der Waals surface area contributed by atoms with Crippen molar-refractivity contribution in [2.24, 2.45) is 0 Å². The van der Waals surface area contributed by atoms with Crippen molar-refractivity contribution in [1.82, 2.24) is 20.3 Å². The summed E-state index contributed by atoms with van der Waals surface area (Å²) in [4.78, 5) is 24.7. The first-order valence-corrected chi connectivity index (χ1v) is 10.4. The molecule has 33 heavy (non-hydrogen) atoms. The number of anilines is 1. The van der Waals surface area contributed by atoms with Gasteiger partial charge in [0.2, 0.25) is 5.76 Å². The molecule has 0 unspecified atom stereocenters. The van der Waals surface area contributed by atoms with Crippen LogP contribution in [0.4, 0.5) is 10.2 Å². The van der Waals surface area contributed by atoms with Gasteiger partial charge in [-0.05, 0) is 46.8 Å². The third-order valence-electron chi connectivity index (χ3n) is 5.21. The van der Waals surface area contributed by atoms with Crippen molar-refractivity contribution in [2.45, 2.75) is 13.0 Å². The summed E-state index contributed by atoms with van der Waals surface area (Å²) in [6.45, 7) is 0.302. The minimum absolute atomic E-state index is 0.0743. The van der Waals surface area contributed by atoms with Crippen LogP contribution in [-0.4, -0.2) is 20.9 Å². The normalized spacial score (nSPS) is 11.2. The standard InChI is InChI=1S/C24H17ClFN5O2/c25-17-9-16-6-14(7-19(26)22(16)30-11-17)8-21-29-12-20(33-21)24(32)31-10-13-1-2-18-15(5-13)3-4-28-23(18)27/h1-7,9,11-12H,8,10H2,(H2,27,28)(H,31,32). The number of fused-ring (bicyclic) bond motifs is 2. The number of hydrogen-bond donors (Lipinski definition) is 2. The maximum Gasteiger partial charge on any atom is 0.288 e. The Balaban J connectivity index is 1.27. The van der Waals surface area contributed by atoms with Crippen LogP contribution in [0.2, 0.25) is 5.02 Å². The van der Waals surface area contributed by atoms with Gasteiger partial charge in [0, 0.05) is 36.1 Å². The average Bonchev–Trinajstić information content (AvgIpc) is 3.26. The van der Waals surface area contributed by atoms with Crippen LogP contribution in [0.25, 0.3) is 21.7 Å². The lowest BCUT2D eigenvalue weighted by atomic mass is 10.1. The monoisotopic (exact) mass is 461 g/mol. The van der Waals surface area contributed by atoms with Crippen molar-refractivity contribution in [3.8, 4) is 0 Å². The number of amides is 1. The Kier molecular flexibility index (Phi) is 5.35. The number of pyridine rings is 2. The van der Waals surface area contributed by atoms with E-state index in [1.807, 2.05) is 24.3 Å². The Hall–Kier alpha value is -4.04. The summed E-state index contributed by atoms with van der Waals surface area (Å²) in [5.74, 6) is -0.0314. The summed E-state index contributed by atoms with van der Waals surface area (Å²) in [6, 6.07) is 12.3. The van der Waals surface area contributed by atoms with Gasteiger partial charge in [-0.3, -0.25) is 9.78 Å². The number of halogens is 2. The molecule has 0 radical (unpaired) electrons. The largest absolute Gasteiger partial charge is 0.435 e. The van der Waals surface area contributed by atoms with Crippen LogP contribution in [0.15, 0.2) is 65.5 Å². The van der Waals surface area contributed by atoms with Crippen molar-refractivity contribution in [3.05, 3.63) is 94.7 Å². The molecule has 3 N–H and O–H groups in total. The fraction of sp³-hybridized carbons (Fsp3) is 0.0833. The highest BCUT2D eigenvalue weighted by atomic mass is 35.5. The zero-order valence-electron chi connectivity index (χ0n) is 17.2. The first-order chi connectivity index (χ1) is 16.0. The van der Waals surface area contributed by atoms with Crippen LogP contribution in [0.5, 0.6) is 0 Å². The zero-order valence-corrected chi connectivity index (χ0v) is 17.9. The molecule has 0 fully saturated rings. The summed E-state index contributed by atoms with van der Waals surface area (Å²) >= 11 is 5.96. The number of aromatic nitrogens is 3. The second-order valence-corrected chi connectivity index (χ2v) is 7.97. The number of hydrogen-bond acceptors (Lipinski definition) is 6. The second-order valence-electron chi connectivity index (χ2n) is 7.53. The Morgan fingerprint density at radius 2 is 1.88 bits per heavy atom. The molecule has 0 saturated heterocycles. The van der Waals surface area contributed by atoms with Crippen molar-refractivity contribution in [2.75, 3.05) is 5.73 Å². The number of carbonyl (C=O) groups is 1. The van der Waals surface area contributed by atoms with Crippen molar-refractivity contribution < 1.29 is 13.6 Å². The zero-order chi connectivity index (χ0) is 22.9. The molecule has 5 aromatic rings. The van der Waals surface area contributed by atoms with E-state index in [4.69, 9.17) is 21.8 Å². The van der Waals surface area contributed by atoms with E-state index in [-0.39, 0.29) is 17.7 Å². The topological polar surface area (TPSA) is 107 Å². The summed E-state index contributed by atoms with van der Waals surface area (Å²) in [6.07, 6.45) is 4.61. The van der Waals surface area contributed by atoms with Crippen LogP contribution >= 0.6 is 11.6 Å². The summed E-state index contributed by atoms with van der Waals surface area (Å²) in [5, 5.41) is 5.60. The predicted molar refractivity (Wildman–Crippen MR) is 123 cm³/mol. The van der Waals surface area contributed by atoms with Crippen LogP contribution in [0.3, 0.4) is 0 Å². The Labute approximate surface area is 192 Å².